The van der Waals surface area contributed by atoms with E-state index in [2.05, 4.69) is 10.3 Å². The van der Waals surface area contributed by atoms with E-state index in [0.29, 0.717) is 11.5 Å². The molecule has 0 spiro atoms. The summed E-state index contributed by atoms with van der Waals surface area (Å²) in [5.41, 5.74) is 2.58. The lowest BCUT2D eigenvalue weighted by atomic mass is 10.1. The minimum absolute atomic E-state index is 0.122. The van der Waals surface area contributed by atoms with E-state index in [1.807, 2.05) is 73.8 Å². The van der Waals surface area contributed by atoms with E-state index in [9.17, 15) is 4.79 Å². The highest BCUT2D eigenvalue weighted by Gasteiger charge is 2.19. The van der Waals surface area contributed by atoms with E-state index in [1.165, 1.54) is 11.8 Å². The highest BCUT2D eigenvalue weighted by Crippen LogP contribution is 2.34. The van der Waals surface area contributed by atoms with Gasteiger partial charge in [-0.25, -0.2) is 0 Å². The Bertz CT molecular complexity index is 759. The molecule has 0 aliphatic heterocycles. The molecular formula is C19H18N2O2S. The number of rotatable bonds is 5. The Balaban J connectivity index is 2.02. The molecule has 3 aromatic rings. The van der Waals surface area contributed by atoms with Crippen LogP contribution in [0.3, 0.4) is 0 Å². The highest BCUT2D eigenvalue weighted by atomic mass is 32.2. The first kappa shape index (κ1) is 16.3. The molecule has 0 saturated heterocycles. The summed E-state index contributed by atoms with van der Waals surface area (Å²) in [6, 6.07) is 19.8. The van der Waals surface area contributed by atoms with Gasteiger partial charge in [0, 0.05) is 11.1 Å². The van der Waals surface area contributed by atoms with Gasteiger partial charge >= 0.3 is 6.01 Å². The van der Waals surface area contributed by atoms with Crippen LogP contribution in [0.25, 0.3) is 22.6 Å². The van der Waals surface area contributed by atoms with Gasteiger partial charge in [0.2, 0.25) is 5.91 Å². The molecule has 0 aliphatic rings. The van der Waals surface area contributed by atoms with Crippen LogP contribution >= 0.6 is 11.8 Å². The quantitative estimate of drug-likeness (QED) is 0.733. The molecule has 1 atom stereocenters. The third-order valence-corrected chi connectivity index (χ3v) is 4.58. The summed E-state index contributed by atoms with van der Waals surface area (Å²) in [5.74, 6) is 0.525. The molecular weight excluding hydrogens is 320 g/mol. The Morgan fingerprint density at radius 1 is 1.04 bits per heavy atom. The molecule has 0 radical (unpaired) electrons. The molecule has 1 amide bonds. The fraction of sp³-hybridized carbons (Fsp3) is 0.158. The van der Waals surface area contributed by atoms with E-state index in [1.54, 1.807) is 0 Å². The SMILES string of the molecule is CS[C@@H](C)C(=O)Nc1nc(-c2ccccc2)c(-c2ccccc2)o1. The number of oxazole rings is 1. The predicted octanol–water partition coefficient (Wildman–Crippen LogP) is 4.70. The number of thioether (sulfide) groups is 1. The Hall–Kier alpha value is -2.53. The second-order valence-electron chi connectivity index (χ2n) is 5.30. The molecule has 3 rings (SSSR count). The summed E-state index contributed by atoms with van der Waals surface area (Å²) in [5, 5.41) is 2.59. The third-order valence-electron chi connectivity index (χ3n) is 3.66. The number of benzene rings is 2. The normalized spacial score (nSPS) is 11.9. The zero-order valence-corrected chi connectivity index (χ0v) is 14.3. The van der Waals surface area contributed by atoms with Crippen molar-refractivity contribution in [3.63, 3.8) is 0 Å². The molecule has 4 nitrogen and oxygen atoms in total. The van der Waals surface area contributed by atoms with Crippen LogP contribution in [0.4, 0.5) is 6.01 Å². The lowest BCUT2D eigenvalue weighted by Gasteiger charge is -2.05. The Morgan fingerprint density at radius 2 is 1.62 bits per heavy atom. The first-order valence-electron chi connectivity index (χ1n) is 7.64. The Labute approximate surface area is 145 Å². The molecule has 0 bridgehead atoms. The van der Waals surface area contributed by atoms with Gasteiger partial charge in [-0.05, 0) is 13.2 Å². The van der Waals surface area contributed by atoms with Gasteiger partial charge in [0.15, 0.2) is 5.76 Å². The summed E-state index contributed by atoms with van der Waals surface area (Å²) < 4.78 is 5.87. The van der Waals surface area contributed by atoms with Crippen LogP contribution < -0.4 is 5.32 Å². The molecule has 5 heteroatoms. The molecule has 122 valence electrons. The van der Waals surface area contributed by atoms with Crippen molar-refractivity contribution in [2.45, 2.75) is 12.2 Å². The number of anilines is 1. The van der Waals surface area contributed by atoms with Crippen molar-refractivity contribution in [1.82, 2.24) is 4.98 Å². The number of hydrogen-bond donors (Lipinski definition) is 1. The first-order chi connectivity index (χ1) is 11.7. The number of carbonyl (C=O) groups is 1. The predicted molar refractivity (Wildman–Crippen MR) is 99.0 cm³/mol. The fourth-order valence-electron chi connectivity index (χ4n) is 2.26. The van der Waals surface area contributed by atoms with E-state index in [-0.39, 0.29) is 17.2 Å². The molecule has 0 unspecified atom stereocenters. The molecule has 0 saturated carbocycles. The van der Waals surface area contributed by atoms with Crippen molar-refractivity contribution in [2.24, 2.45) is 0 Å². The largest absolute Gasteiger partial charge is 0.423 e. The van der Waals surface area contributed by atoms with Crippen LogP contribution in [0.2, 0.25) is 0 Å². The van der Waals surface area contributed by atoms with Crippen LogP contribution in [0.5, 0.6) is 0 Å². The Morgan fingerprint density at radius 3 is 2.21 bits per heavy atom. The second-order valence-corrected chi connectivity index (χ2v) is 6.47. The maximum Gasteiger partial charge on any atom is 0.302 e. The van der Waals surface area contributed by atoms with Crippen molar-refractivity contribution < 1.29 is 9.21 Å². The number of hydrogen-bond acceptors (Lipinski definition) is 4. The van der Waals surface area contributed by atoms with Gasteiger partial charge in [-0.1, -0.05) is 60.7 Å². The van der Waals surface area contributed by atoms with Gasteiger partial charge in [-0.2, -0.15) is 16.7 Å². The summed E-state index contributed by atoms with van der Waals surface area (Å²) in [4.78, 5) is 16.6. The summed E-state index contributed by atoms with van der Waals surface area (Å²) in [7, 11) is 0. The van der Waals surface area contributed by atoms with Crippen molar-refractivity contribution in [3.8, 4) is 22.6 Å². The number of nitrogens with zero attached hydrogens (tertiary/aromatic N) is 1. The van der Waals surface area contributed by atoms with Gasteiger partial charge in [0.1, 0.15) is 5.69 Å². The van der Waals surface area contributed by atoms with Gasteiger partial charge in [0.25, 0.3) is 0 Å². The van der Waals surface area contributed by atoms with Crippen molar-refractivity contribution in [2.75, 3.05) is 11.6 Å². The lowest BCUT2D eigenvalue weighted by Crippen LogP contribution is -2.22. The second kappa shape index (κ2) is 7.36. The van der Waals surface area contributed by atoms with Crippen molar-refractivity contribution >= 4 is 23.7 Å². The van der Waals surface area contributed by atoms with Crippen LogP contribution in [0.15, 0.2) is 65.1 Å². The van der Waals surface area contributed by atoms with Gasteiger partial charge in [0.05, 0.1) is 5.25 Å². The summed E-state index contributed by atoms with van der Waals surface area (Å²) in [6.45, 7) is 1.85. The van der Waals surface area contributed by atoms with Crippen LogP contribution in [0.1, 0.15) is 6.92 Å². The average Bonchev–Trinajstić information content (AvgIpc) is 3.06. The average molecular weight is 338 g/mol. The molecule has 24 heavy (non-hydrogen) atoms. The molecule has 0 aliphatic carbocycles. The highest BCUT2D eigenvalue weighted by molar-refractivity contribution is 7.99. The Kier molecular flexibility index (Phi) is 5.01. The number of amides is 1. The zero-order chi connectivity index (χ0) is 16.9. The topological polar surface area (TPSA) is 55.1 Å². The van der Waals surface area contributed by atoms with Crippen molar-refractivity contribution in [3.05, 3.63) is 60.7 Å². The molecule has 1 aromatic heterocycles. The molecule has 0 fully saturated rings. The van der Waals surface area contributed by atoms with Gasteiger partial charge < -0.3 is 4.42 Å². The molecule has 2 aromatic carbocycles. The van der Waals surface area contributed by atoms with E-state index in [0.717, 1.165) is 11.1 Å². The molecule has 1 heterocycles. The number of nitrogens with one attached hydrogen (secondary N) is 1. The summed E-state index contributed by atoms with van der Waals surface area (Å²) in [6.07, 6.45) is 1.89. The lowest BCUT2D eigenvalue weighted by molar-refractivity contribution is -0.115. The minimum atomic E-state index is -0.169. The van der Waals surface area contributed by atoms with Crippen LogP contribution in [0, 0.1) is 0 Å². The summed E-state index contributed by atoms with van der Waals surface area (Å²) >= 11 is 1.47. The smallest absolute Gasteiger partial charge is 0.302 e. The monoisotopic (exact) mass is 338 g/mol. The van der Waals surface area contributed by atoms with Crippen LogP contribution in [-0.4, -0.2) is 22.4 Å². The maximum absolute atomic E-state index is 12.1. The van der Waals surface area contributed by atoms with E-state index in [4.69, 9.17) is 4.42 Å². The first-order valence-corrected chi connectivity index (χ1v) is 8.93. The van der Waals surface area contributed by atoms with Crippen LogP contribution in [-0.2, 0) is 4.79 Å². The van der Waals surface area contributed by atoms with E-state index >= 15 is 0 Å². The fourth-order valence-corrected chi connectivity index (χ4v) is 2.54. The van der Waals surface area contributed by atoms with Gasteiger partial charge in [-0.15, -0.1) is 0 Å². The number of aromatic nitrogens is 1. The standard InChI is InChI=1S/C19H18N2O2S/c1-13(24-2)18(22)21-19-20-16(14-9-5-3-6-10-14)17(23-19)15-11-7-4-8-12-15/h3-13H,1-2H3,(H,20,21,22)/t13-/m0/s1. The minimum Gasteiger partial charge on any atom is -0.423 e. The van der Waals surface area contributed by atoms with Gasteiger partial charge in [-0.3, -0.25) is 10.1 Å². The van der Waals surface area contributed by atoms with E-state index < -0.39 is 0 Å². The maximum atomic E-state index is 12.1. The zero-order valence-electron chi connectivity index (χ0n) is 13.5. The molecule has 1 N–H and O–H groups in total. The number of carbonyl (C=O) groups excluding carboxylic acids is 1. The third kappa shape index (κ3) is 3.51. The van der Waals surface area contributed by atoms with Crippen molar-refractivity contribution in [1.29, 1.82) is 0 Å².